The molecule has 0 saturated carbocycles. The molecule has 0 amide bonds. The van der Waals surface area contributed by atoms with Crippen LogP contribution in [-0.4, -0.2) is 6.18 Å². The lowest BCUT2D eigenvalue weighted by molar-refractivity contribution is -0.306. The van der Waals surface area contributed by atoms with Gasteiger partial charge in [-0.1, -0.05) is 55.4 Å². The minimum atomic E-state index is -4.22. The molecule has 1 atom stereocenters. The van der Waals surface area contributed by atoms with E-state index in [1.807, 2.05) is 20.8 Å². The lowest BCUT2D eigenvalue weighted by Gasteiger charge is -2.58. The molecule has 0 nitrogen and oxygen atoms in total. The highest BCUT2D eigenvalue weighted by atomic mass is 19.4. The Balaban J connectivity index is 6.04. The molecule has 0 N–H and O–H groups in total. The highest BCUT2D eigenvalue weighted by Gasteiger charge is 2.67. The molecular formula is C14H27F3. The fraction of sp³-hybridized carbons (Fsp3) is 1.00. The van der Waals surface area contributed by atoms with Gasteiger partial charge in [0.25, 0.3) is 0 Å². The van der Waals surface area contributed by atoms with Crippen LogP contribution in [-0.2, 0) is 0 Å². The Morgan fingerprint density at radius 3 is 0.882 bits per heavy atom. The SMILES string of the molecule is CC(C)(C)C(C)(C)C(C)(C(C)(C)C)C(F)(F)F. The summed E-state index contributed by atoms with van der Waals surface area (Å²) < 4.78 is 40.9. The van der Waals surface area contributed by atoms with Gasteiger partial charge in [-0.05, 0) is 23.2 Å². The van der Waals surface area contributed by atoms with Gasteiger partial charge in [-0.3, -0.25) is 0 Å². The van der Waals surface area contributed by atoms with Crippen LogP contribution in [0.3, 0.4) is 0 Å². The maximum absolute atomic E-state index is 13.6. The number of hydrogen-bond donors (Lipinski definition) is 0. The molecule has 17 heavy (non-hydrogen) atoms. The van der Waals surface area contributed by atoms with Crippen LogP contribution in [0.4, 0.5) is 13.2 Å². The molecule has 0 saturated heterocycles. The molecule has 1 unspecified atom stereocenters. The second-order valence-electron chi connectivity index (χ2n) is 7.75. The molecule has 104 valence electrons. The molecule has 3 heteroatoms. The van der Waals surface area contributed by atoms with Crippen molar-refractivity contribution in [2.45, 2.75) is 68.5 Å². The summed E-state index contributed by atoms with van der Waals surface area (Å²) in [5.74, 6) is 0. The smallest absolute Gasteiger partial charge is 0.170 e. The molecule has 0 aromatic carbocycles. The maximum atomic E-state index is 13.6. The van der Waals surface area contributed by atoms with Gasteiger partial charge in [0.1, 0.15) is 0 Å². The number of rotatable bonds is 1. The van der Waals surface area contributed by atoms with Crippen molar-refractivity contribution in [2.75, 3.05) is 0 Å². The third-order valence-corrected chi connectivity index (χ3v) is 5.19. The highest BCUT2D eigenvalue weighted by Crippen LogP contribution is 2.65. The summed E-state index contributed by atoms with van der Waals surface area (Å²) in [4.78, 5) is 0. The monoisotopic (exact) mass is 252 g/mol. The van der Waals surface area contributed by atoms with Crippen molar-refractivity contribution >= 4 is 0 Å². The van der Waals surface area contributed by atoms with E-state index in [1.54, 1.807) is 34.6 Å². The van der Waals surface area contributed by atoms with E-state index in [9.17, 15) is 13.2 Å². The van der Waals surface area contributed by atoms with Crippen molar-refractivity contribution in [3.8, 4) is 0 Å². The predicted molar refractivity (Wildman–Crippen MR) is 66.9 cm³/mol. The van der Waals surface area contributed by atoms with Gasteiger partial charge in [0.05, 0.1) is 5.41 Å². The average Bonchev–Trinajstić information content (AvgIpc) is 1.95. The summed E-state index contributed by atoms with van der Waals surface area (Å²) >= 11 is 0. The van der Waals surface area contributed by atoms with Crippen molar-refractivity contribution in [3.63, 3.8) is 0 Å². The number of halogens is 3. The third-order valence-electron chi connectivity index (χ3n) is 5.19. The molecule has 0 bridgehead atoms. The Morgan fingerprint density at radius 1 is 0.529 bits per heavy atom. The highest BCUT2D eigenvalue weighted by molar-refractivity contribution is 5.06. The quantitative estimate of drug-likeness (QED) is 0.563. The number of alkyl halides is 3. The molecule has 0 spiro atoms. The lowest BCUT2D eigenvalue weighted by Crippen LogP contribution is -2.59. The molecule has 0 aliphatic carbocycles. The van der Waals surface area contributed by atoms with Crippen molar-refractivity contribution in [2.24, 2.45) is 21.7 Å². The Kier molecular flexibility index (Phi) is 3.84. The van der Waals surface area contributed by atoms with Crippen LogP contribution in [0.2, 0.25) is 0 Å². The van der Waals surface area contributed by atoms with Crippen LogP contribution in [0, 0.1) is 21.7 Å². The van der Waals surface area contributed by atoms with E-state index in [-0.39, 0.29) is 0 Å². The Hall–Kier alpha value is -0.210. The first-order valence-corrected chi connectivity index (χ1v) is 6.07. The fourth-order valence-corrected chi connectivity index (χ4v) is 2.47. The van der Waals surface area contributed by atoms with Crippen LogP contribution in [0.1, 0.15) is 62.3 Å². The van der Waals surface area contributed by atoms with E-state index in [2.05, 4.69) is 0 Å². The van der Waals surface area contributed by atoms with Gasteiger partial charge in [-0.2, -0.15) is 13.2 Å². The Morgan fingerprint density at radius 2 is 0.824 bits per heavy atom. The zero-order chi connectivity index (χ0) is 14.5. The molecule has 0 aliphatic rings. The Bertz CT molecular complexity index is 257. The largest absolute Gasteiger partial charge is 0.395 e. The minimum absolute atomic E-state index is 0.426. The first kappa shape index (κ1) is 16.8. The van der Waals surface area contributed by atoms with E-state index < -0.39 is 27.8 Å². The van der Waals surface area contributed by atoms with Crippen LogP contribution in [0.25, 0.3) is 0 Å². The first-order valence-electron chi connectivity index (χ1n) is 6.07. The van der Waals surface area contributed by atoms with Gasteiger partial charge < -0.3 is 0 Å². The topological polar surface area (TPSA) is 0 Å². The lowest BCUT2D eigenvalue weighted by atomic mass is 9.47. The van der Waals surface area contributed by atoms with Crippen LogP contribution in [0.5, 0.6) is 0 Å². The summed E-state index contributed by atoms with van der Waals surface area (Å²) in [7, 11) is 0. The predicted octanol–water partition coefficient (Wildman–Crippen LogP) is 5.67. The molecule has 0 aromatic heterocycles. The van der Waals surface area contributed by atoms with E-state index in [1.165, 1.54) is 6.92 Å². The van der Waals surface area contributed by atoms with Crippen molar-refractivity contribution in [3.05, 3.63) is 0 Å². The molecule has 0 heterocycles. The second kappa shape index (κ2) is 3.89. The standard InChI is InChI=1S/C14H27F3/c1-10(2,3)12(7,8)13(9,11(4,5)6)14(15,16)17/h1-9H3. The zero-order valence-electron chi connectivity index (χ0n) is 12.6. The summed E-state index contributed by atoms with van der Waals surface area (Å²) in [6.07, 6.45) is -4.22. The normalized spacial score (nSPS) is 19.1. The van der Waals surface area contributed by atoms with Crippen LogP contribution in [0.15, 0.2) is 0 Å². The van der Waals surface area contributed by atoms with Gasteiger partial charge >= 0.3 is 6.18 Å². The van der Waals surface area contributed by atoms with Crippen molar-refractivity contribution in [1.82, 2.24) is 0 Å². The summed E-state index contributed by atoms with van der Waals surface area (Å²) in [5, 5.41) is 0. The van der Waals surface area contributed by atoms with Gasteiger partial charge in [0.2, 0.25) is 0 Å². The van der Waals surface area contributed by atoms with Crippen LogP contribution >= 0.6 is 0 Å². The van der Waals surface area contributed by atoms with Gasteiger partial charge in [0, 0.05) is 0 Å². The molecule has 0 fully saturated rings. The molecule has 0 rings (SSSR count). The summed E-state index contributed by atoms with van der Waals surface area (Å²) in [6.45, 7) is 15.5. The third kappa shape index (κ3) is 2.34. The maximum Gasteiger partial charge on any atom is 0.395 e. The van der Waals surface area contributed by atoms with E-state index in [0.29, 0.717) is 0 Å². The molecular weight excluding hydrogens is 225 g/mol. The van der Waals surface area contributed by atoms with Gasteiger partial charge in [-0.15, -0.1) is 0 Å². The van der Waals surface area contributed by atoms with Crippen molar-refractivity contribution < 1.29 is 13.2 Å². The van der Waals surface area contributed by atoms with E-state index in [4.69, 9.17) is 0 Å². The van der Waals surface area contributed by atoms with Gasteiger partial charge in [0.15, 0.2) is 0 Å². The molecule has 0 radical (unpaired) electrons. The van der Waals surface area contributed by atoms with Crippen molar-refractivity contribution in [1.29, 1.82) is 0 Å². The Labute approximate surface area is 104 Å². The average molecular weight is 252 g/mol. The molecule has 0 aromatic rings. The minimum Gasteiger partial charge on any atom is -0.170 e. The van der Waals surface area contributed by atoms with Crippen LogP contribution < -0.4 is 0 Å². The summed E-state index contributed by atoms with van der Waals surface area (Å²) in [5.41, 5.74) is -3.88. The van der Waals surface area contributed by atoms with E-state index >= 15 is 0 Å². The van der Waals surface area contributed by atoms with Gasteiger partial charge in [-0.25, -0.2) is 0 Å². The zero-order valence-corrected chi connectivity index (χ0v) is 12.6. The first-order chi connectivity index (χ1) is 7.00. The fourth-order valence-electron chi connectivity index (χ4n) is 2.47. The number of hydrogen-bond acceptors (Lipinski definition) is 0. The van der Waals surface area contributed by atoms with E-state index in [0.717, 1.165) is 0 Å². The second-order valence-corrected chi connectivity index (χ2v) is 7.75. The summed E-state index contributed by atoms with van der Waals surface area (Å²) in [6, 6.07) is 0. The molecule has 0 aliphatic heterocycles.